The van der Waals surface area contributed by atoms with E-state index < -0.39 is 0 Å². The minimum absolute atomic E-state index is 0.885. The van der Waals surface area contributed by atoms with Crippen molar-refractivity contribution in [2.75, 3.05) is 4.90 Å². The molecule has 0 unspecified atom stereocenters. The summed E-state index contributed by atoms with van der Waals surface area (Å²) in [6.45, 7) is 0. The molecule has 1 aromatic heterocycles. The van der Waals surface area contributed by atoms with Gasteiger partial charge in [-0.25, -0.2) is 0 Å². The van der Waals surface area contributed by atoms with E-state index in [-0.39, 0.29) is 0 Å². The fourth-order valence-corrected chi connectivity index (χ4v) is 9.66. The van der Waals surface area contributed by atoms with E-state index in [4.69, 9.17) is 4.42 Å². The Kier molecular flexibility index (Phi) is 10.6. The number of nitrogens with zero attached hydrogens (tertiary/aromatic N) is 1. The van der Waals surface area contributed by atoms with Crippen molar-refractivity contribution in [1.82, 2.24) is 0 Å². The largest absolute Gasteiger partial charge is 0.455 e. The van der Waals surface area contributed by atoms with Crippen molar-refractivity contribution in [3.63, 3.8) is 0 Å². The first-order valence-corrected chi connectivity index (χ1v) is 23.2. The summed E-state index contributed by atoms with van der Waals surface area (Å²) in [5, 5.41) is 3.61. The monoisotopic (exact) mass is 867 g/mol. The van der Waals surface area contributed by atoms with Crippen molar-refractivity contribution in [1.29, 1.82) is 0 Å². The van der Waals surface area contributed by atoms with Crippen LogP contribution in [-0.4, -0.2) is 0 Å². The average molecular weight is 868 g/mol. The van der Waals surface area contributed by atoms with Gasteiger partial charge < -0.3 is 9.32 Å². The Morgan fingerprint density at radius 1 is 0.250 bits per heavy atom. The van der Waals surface area contributed by atoms with Gasteiger partial charge in [0.15, 0.2) is 0 Å². The summed E-state index contributed by atoms with van der Waals surface area (Å²) < 4.78 is 6.57. The van der Waals surface area contributed by atoms with Crippen LogP contribution >= 0.6 is 0 Å². The Bertz CT molecular complexity index is 3680. The van der Waals surface area contributed by atoms with Gasteiger partial charge in [0.25, 0.3) is 0 Å². The molecular formula is C66H45NO. The van der Waals surface area contributed by atoms with Crippen LogP contribution in [0.5, 0.6) is 0 Å². The lowest BCUT2D eigenvalue weighted by Crippen LogP contribution is -2.09. The van der Waals surface area contributed by atoms with Gasteiger partial charge in [-0.3, -0.25) is 0 Å². The molecule has 12 aromatic rings. The molecule has 0 fully saturated rings. The summed E-state index contributed by atoms with van der Waals surface area (Å²) in [7, 11) is 0. The van der Waals surface area contributed by atoms with E-state index in [9.17, 15) is 0 Å². The number of fused-ring (bicyclic) bond motifs is 2. The van der Waals surface area contributed by atoms with Gasteiger partial charge in [0.05, 0.1) is 0 Å². The summed E-state index contributed by atoms with van der Waals surface area (Å²) in [6, 6.07) is 97.8. The highest BCUT2D eigenvalue weighted by molar-refractivity contribution is 6.02. The molecule has 0 saturated carbocycles. The molecule has 12 rings (SSSR count). The number of para-hydroxylation sites is 1. The molecular weight excluding hydrogens is 823 g/mol. The van der Waals surface area contributed by atoms with Crippen LogP contribution < -0.4 is 4.90 Å². The zero-order valence-corrected chi connectivity index (χ0v) is 37.3. The second-order valence-corrected chi connectivity index (χ2v) is 17.3. The van der Waals surface area contributed by atoms with E-state index in [1.807, 2.05) is 12.1 Å². The molecule has 0 bridgehead atoms. The highest BCUT2D eigenvalue weighted by atomic mass is 16.3. The van der Waals surface area contributed by atoms with Gasteiger partial charge in [-0.15, -0.1) is 0 Å². The van der Waals surface area contributed by atoms with Crippen LogP contribution in [0.15, 0.2) is 277 Å². The summed E-state index contributed by atoms with van der Waals surface area (Å²) in [6.07, 6.45) is 0. The van der Waals surface area contributed by atoms with E-state index in [0.717, 1.165) is 72.7 Å². The number of anilines is 3. The third-order valence-electron chi connectivity index (χ3n) is 13.1. The second kappa shape index (κ2) is 17.8. The van der Waals surface area contributed by atoms with Crippen molar-refractivity contribution in [2.45, 2.75) is 0 Å². The summed E-state index contributed by atoms with van der Waals surface area (Å²) >= 11 is 0. The van der Waals surface area contributed by atoms with Gasteiger partial charge in [-0.1, -0.05) is 218 Å². The maximum Gasteiger partial charge on any atom is 0.143 e. The molecule has 68 heavy (non-hydrogen) atoms. The molecule has 1 heterocycles. The number of furan rings is 1. The Hall–Kier alpha value is -8.98. The van der Waals surface area contributed by atoms with E-state index in [1.165, 1.54) is 44.2 Å². The molecule has 320 valence electrons. The molecule has 0 aliphatic rings. The lowest BCUT2D eigenvalue weighted by Gasteiger charge is -2.26. The van der Waals surface area contributed by atoms with Crippen LogP contribution in [0.3, 0.4) is 0 Å². The Morgan fingerprint density at radius 2 is 0.632 bits per heavy atom. The molecule has 0 saturated heterocycles. The normalized spacial score (nSPS) is 11.2. The van der Waals surface area contributed by atoms with Crippen molar-refractivity contribution in [2.24, 2.45) is 0 Å². The Labute approximate surface area is 397 Å². The zero-order chi connectivity index (χ0) is 45.2. The topological polar surface area (TPSA) is 16.4 Å². The lowest BCUT2D eigenvalue weighted by molar-refractivity contribution is 0.632. The van der Waals surface area contributed by atoms with Crippen LogP contribution in [-0.2, 0) is 0 Å². The van der Waals surface area contributed by atoms with Gasteiger partial charge in [0.2, 0.25) is 0 Å². The van der Waals surface area contributed by atoms with Crippen LogP contribution in [0.1, 0.15) is 0 Å². The fourth-order valence-electron chi connectivity index (χ4n) is 9.66. The van der Waals surface area contributed by atoms with Gasteiger partial charge >= 0.3 is 0 Å². The van der Waals surface area contributed by atoms with Gasteiger partial charge in [0, 0.05) is 33.6 Å². The fraction of sp³-hybridized carbons (Fsp3) is 0. The maximum absolute atomic E-state index is 6.57. The average Bonchev–Trinajstić information content (AvgIpc) is 3.82. The van der Waals surface area contributed by atoms with Gasteiger partial charge in [-0.05, 0) is 127 Å². The van der Waals surface area contributed by atoms with Crippen LogP contribution in [0.25, 0.3) is 99.8 Å². The molecule has 0 aliphatic carbocycles. The van der Waals surface area contributed by atoms with E-state index >= 15 is 0 Å². The summed E-state index contributed by atoms with van der Waals surface area (Å²) in [5.41, 5.74) is 19.3. The first-order valence-electron chi connectivity index (χ1n) is 23.2. The lowest BCUT2D eigenvalue weighted by atomic mass is 9.95. The standard InChI is InChI=1S/C66H45NO/c1-3-14-46(15-4-1)54-20-11-21-55(44-54)50-34-40-59(41-35-50)67(60-42-36-52(37-43-60)62-26-13-19-51-16-7-8-24-61(51)62)58-38-32-48(33-39-58)47-28-30-49(31-29-47)56-22-12-23-57(45-56)66-65(53-17-5-2-6-18-53)63-25-9-10-27-64(63)68-66/h1-45H. The quantitative estimate of drug-likeness (QED) is 0.136. The van der Waals surface area contributed by atoms with E-state index in [2.05, 4.69) is 266 Å². The Balaban J connectivity index is 0.854. The first kappa shape index (κ1) is 40.5. The minimum atomic E-state index is 0.885. The maximum atomic E-state index is 6.57. The van der Waals surface area contributed by atoms with Gasteiger partial charge in [-0.2, -0.15) is 0 Å². The number of benzene rings is 11. The molecule has 0 radical (unpaired) electrons. The van der Waals surface area contributed by atoms with Crippen molar-refractivity contribution < 1.29 is 4.42 Å². The predicted molar refractivity (Wildman–Crippen MR) is 286 cm³/mol. The first-order chi connectivity index (χ1) is 33.7. The van der Waals surface area contributed by atoms with E-state index in [0.29, 0.717) is 0 Å². The van der Waals surface area contributed by atoms with E-state index in [1.54, 1.807) is 0 Å². The van der Waals surface area contributed by atoms with Crippen LogP contribution in [0.4, 0.5) is 17.1 Å². The smallest absolute Gasteiger partial charge is 0.143 e. The third-order valence-corrected chi connectivity index (χ3v) is 13.1. The van der Waals surface area contributed by atoms with Crippen molar-refractivity contribution in [3.05, 3.63) is 273 Å². The van der Waals surface area contributed by atoms with Crippen LogP contribution in [0, 0.1) is 0 Å². The summed E-state index contributed by atoms with van der Waals surface area (Å²) in [4.78, 5) is 2.35. The number of hydrogen-bond acceptors (Lipinski definition) is 2. The summed E-state index contributed by atoms with van der Waals surface area (Å²) in [5.74, 6) is 0.885. The highest BCUT2D eigenvalue weighted by Gasteiger charge is 2.19. The second-order valence-electron chi connectivity index (χ2n) is 17.3. The number of rotatable bonds is 10. The molecule has 0 amide bonds. The predicted octanol–water partition coefficient (Wildman–Crippen LogP) is 18.7. The third kappa shape index (κ3) is 7.85. The molecule has 0 spiro atoms. The minimum Gasteiger partial charge on any atom is -0.455 e. The highest BCUT2D eigenvalue weighted by Crippen LogP contribution is 2.43. The molecule has 0 aliphatic heterocycles. The molecule has 11 aromatic carbocycles. The molecule has 2 heteroatoms. The number of hydrogen-bond donors (Lipinski definition) is 0. The van der Waals surface area contributed by atoms with Crippen molar-refractivity contribution in [3.8, 4) is 78.1 Å². The SMILES string of the molecule is c1ccc(-c2cccc(-c3ccc(N(c4ccc(-c5ccc(-c6cccc(-c7oc8ccccc8c7-c7ccccc7)c6)cc5)cc4)c4ccc(-c5cccc6ccccc56)cc4)cc3)c2)cc1. The van der Waals surface area contributed by atoms with Crippen molar-refractivity contribution >= 4 is 38.8 Å². The van der Waals surface area contributed by atoms with Crippen LogP contribution in [0.2, 0.25) is 0 Å². The Morgan fingerprint density at radius 3 is 1.22 bits per heavy atom. The molecule has 0 N–H and O–H groups in total. The van der Waals surface area contributed by atoms with Gasteiger partial charge in [0.1, 0.15) is 11.3 Å². The molecule has 2 nitrogen and oxygen atoms in total. The molecule has 0 atom stereocenters. The zero-order valence-electron chi connectivity index (χ0n) is 37.3.